The van der Waals surface area contributed by atoms with Gasteiger partial charge in [-0.2, -0.15) is 13.5 Å². The van der Waals surface area contributed by atoms with E-state index in [1.807, 2.05) is 13.2 Å². The summed E-state index contributed by atoms with van der Waals surface area (Å²) in [5, 5.41) is 7.08. The van der Waals surface area contributed by atoms with Crippen LogP contribution in [0.2, 0.25) is 0 Å². The zero-order valence-electron chi connectivity index (χ0n) is 10.5. The van der Waals surface area contributed by atoms with E-state index < -0.39 is 10.0 Å². The first-order valence-electron chi connectivity index (χ1n) is 5.67. The van der Waals surface area contributed by atoms with Gasteiger partial charge in [0.25, 0.3) is 10.0 Å². The molecule has 0 unspecified atom stereocenters. The maximum Gasteiger partial charge on any atom is 0.286 e. The SMILES string of the molecule is CC1=NS(=O)(=O)c2ccc(-c3cnn(C)c3)cc2N1. The van der Waals surface area contributed by atoms with Gasteiger partial charge in [0.1, 0.15) is 10.7 Å². The Morgan fingerprint density at radius 2 is 2.05 bits per heavy atom. The molecule has 98 valence electrons. The normalized spacial score (nSPS) is 16.4. The third kappa shape index (κ3) is 2.01. The van der Waals surface area contributed by atoms with Gasteiger partial charge in [0, 0.05) is 18.8 Å². The van der Waals surface area contributed by atoms with E-state index in [2.05, 4.69) is 14.8 Å². The number of anilines is 1. The molecule has 0 spiro atoms. The summed E-state index contributed by atoms with van der Waals surface area (Å²) in [7, 11) is -1.75. The van der Waals surface area contributed by atoms with Gasteiger partial charge in [-0.3, -0.25) is 4.68 Å². The standard InChI is InChI=1S/C12H12N4O2S/c1-8-14-11-5-9(10-6-13-16(2)7-10)3-4-12(11)19(17,18)15-8/h3-7H,1-2H3,(H,14,15). The van der Waals surface area contributed by atoms with Crippen LogP contribution in [-0.2, 0) is 17.1 Å². The van der Waals surface area contributed by atoms with Crippen molar-refractivity contribution in [2.75, 3.05) is 5.32 Å². The van der Waals surface area contributed by atoms with Gasteiger partial charge in [0.05, 0.1) is 11.9 Å². The van der Waals surface area contributed by atoms with Crippen LogP contribution < -0.4 is 5.32 Å². The molecule has 1 N–H and O–H groups in total. The van der Waals surface area contributed by atoms with Crippen molar-refractivity contribution < 1.29 is 8.42 Å². The number of aryl methyl sites for hydroxylation is 1. The number of amidine groups is 1. The zero-order valence-corrected chi connectivity index (χ0v) is 11.3. The number of rotatable bonds is 1. The molecule has 3 rings (SSSR count). The van der Waals surface area contributed by atoms with Crippen LogP contribution in [0.1, 0.15) is 6.92 Å². The molecule has 0 fully saturated rings. The molecule has 19 heavy (non-hydrogen) atoms. The Bertz CT molecular complexity index is 790. The quantitative estimate of drug-likeness (QED) is 0.858. The summed E-state index contributed by atoms with van der Waals surface area (Å²) in [4.78, 5) is 0.200. The Morgan fingerprint density at radius 1 is 1.26 bits per heavy atom. The van der Waals surface area contributed by atoms with E-state index in [0.717, 1.165) is 11.1 Å². The van der Waals surface area contributed by atoms with E-state index in [-0.39, 0.29) is 4.90 Å². The van der Waals surface area contributed by atoms with Gasteiger partial charge in [-0.1, -0.05) is 6.07 Å². The lowest BCUT2D eigenvalue weighted by atomic mass is 10.1. The molecule has 0 amide bonds. The van der Waals surface area contributed by atoms with Crippen LogP contribution in [0.25, 0.3) is 11.1 Å². The third-order valence-electron chi connectivity index (χ3n) is 2.87. The van der Waals surface area contributed by atoms with Gasteiger partial charge in [-0.25, -0.2) is 0 Å². The highest BCUT2D eigenvalue weighted by atomic mass is 32.2. The molecule has 1 aliphatic rings. The maximum absolute atomic E-state index is 11.9. The minimum Gasteiger partial charge on any atom is -0.342 e. The first-order valence-corrected chi connectivity index (χ1v) is 7.11. The average molecular weight is 276 g/mol. The molecule has 0 saturated carbocycles. The van der Waals surface area contributed by atoms with Crippen LogP contribution in [0.4, 0.5) is 5.69 Å². The van der Waals surface area contributed by atoms with Gasteiger partial charge in [-0.05, 0) is 24.6 Å². The van der Waals surface area contributed by atoms with Crippen LogP contribution in [0.3, 0.4) is 0 Å². The predicted molar refractivity (Wildman–Crippen MR) is 72.6 cm³/mol. The molecule has 1 aromatic carbocycles. The first kappa shape index (κ1) is 11.9. The van der Waals surface area contributed by atoms with Crippen molar-refractivity contribution in [2.24, 2.45) is 11.4 Å². The van der Waals surface area contributed by atoms with Crippen molar-refractivity contribution in [1.82, 2.24) is 9.78 Å². The number of sulfonamides is 1. The van der Waals surface area contributed by atoms with Gasteiger partial charge in [0.15, 0.2) is 0 Å². The average Bonchev–Trinajstić information content (AvgIpc) is 2.73. The molecule has 1 aliphatic heterocycles. The highest BCUT2D eigenvalue weighted by Crippen LogP contribution is 2.31. The summed E-state index contributed by atoms with van der Waals surface area (Å²) in [6.45, 7) is 1.62. The van der Waals surface area contributed by atoms with Crippen molar-refractivity contribution in [3.05, 3.63) is 30.6 Å². The second-order valence-corrected chi connectivity index (χ2v) is 5.96. The number of hydrogen-bond donors (Lipinski definition) is 1. The van der Waals surface area contributed by atoms with Gasteiger partial charge in [-0.15, -0.1) is 4.40 Å². The summed E-state index contributed by atoms with van der Waals surface area (Å²) in [6, 6.07) is 5.11. The molecule has 0 aliphatic carbocycles. The largest absolute Gasteiger partial charge is 0.342 e. The molecule has 0 atom stereocenters. The number of benzene rings is 1. The molecule has 7 heteroatoms. The number of hydrogen-bond acceptors (Lipinski definition) is 4. The van der Waals surface area contributed by atoms with E-state index in [9.17, 15) is 8.42 Å². The van der Waals surface area contributed by atoms with Gasteiger partial charge < -0.3 is 5.32 Å². The lowest BCUT2D eigenvalue weighted by molar-refractivity contribution is 0.598. The minimum atomic E-state index is -3.58. The lowest BCUT2D eigenvalue weighted by Crippen LogP contribution is -2.18. The van der Waals surface area contributed by atoms with E-state index in [1.54, 1.807) is 36.0 Å². The molecular formula is C12H12N4O2S. The molecule has 6 nitrogen and oxygen atoms in total. The highest BCUT2D eigenvalue weighted by Gasteiger charge is 2.23. The topological polar surface area (TPSA) is 76.3 Å². The molecule has 2 heterocycles. The van der Waals surface area contributed by atoms with Crippen LogP contribution in [0, 0.1) is 0 Å². The number of aromatic nitrogens is 2. The van der Waals surface area contributed by atoms with Crippen LogP contribution in [-0.4, -0.2) is 24.0 Å². The van der Waals surface area contributed by atoms with Crippen LogP contribution >= 0.6 is 0 Å². The number of nitrogens with one attached hydrogen (secondary N) is 1. The second-order valence-electron chi connectivity index (χ2n) is 4.39. The Balaban J connectivity index is 2.14. The highest BCUT2D eigenvalue weighted by molar-refractivity contribution is 7.90. The van der Waals surface area contributed by atoms with Crippen molar-refractivity contribution in [1.29, 1.82) is 0 Å². The van der Waals surface area contributed by atoms with E-state index in [0.29, 0.717) is 11.5 Å². The third-order valence-corrected chi connectivity index (χ3v) is 4.29. The summed E-state index contributed by atoms with van der Waals surface area (Å²) >= 11 is 0. The van der Waals surface area contributed by atoms with Gasteiger partial charge >= 0.3 is 0 Å². The summed E-state index contributed by atoms with van der Waals surface area (Å²) < 4.78 is 29.1. The number of fused-ring (bicyclic) bond motifs is 1. The first-order chi connectivity index (χ1) is 8.95. The Labute approximate surface area is 110 Å². The van der Waals surface area contributed by atoms with Gasteiger partial charge in [0.2, 0.25) is 0 Å². The van der Waals surface area contributed by atoms with E-state index in [4.69, 9.17) is 0 Å². The Kier molecular flexibility index (Phi) is 2.46. The molecule has 2 aromatic rings. The van der Waals surface area contributed by atoms with E-state index in [1.165, 1.54) is 0 Å². The Hall–Kier alpha value is -2.15. The fraction of sp³-hybridized carbons (Fsp3) is 0.167. The lowest BCUT2D eigenvalue weighted by Gasteiger charge is -2.16. The number of nitrogens with zero attached hydrogens (tertiary/aromatic N) is 3. The fourth-order valence-electron chi connectivity index (χ4n) is 2.05. The smallest absolute Gasteiger partial charge is 0.286 e. The molecule has 0 saturated heterocycles. The Morgan fingerprint density at radius 3 is 2.74 bits per heavy atom. The maximum atomic E-state index is 11.9. The van der Waals surface area contributed by atoms with Crippen molar-refractivity contribution in [2.45, 2.75) is 11.8 Å². The predicted octanol–water partition coefficient (Wildman–Crippen LogP) is 1.62. The molecule has 0 radical (unpaired) electrons. The van der Waals surface area contributed by atoms with Crippen LogP contribution in [0.15, 0.2) is 39.9 Å². The molecule has 1 aromatic heterocycles. The summed E-state index contributed by atoms with van der Waals surface area (Å²) in [5.74, 6) is 0.371. The van der Waals surface area contributed by atoms with Crippen LogP contribution in [0.5, 0.6) is 0 Å². The zero-order chi connectivity index (χ0) is 13.6. The van der Waals surface area contributed by atoms with Crippen molar-refractivity contribution >= 4 is 21.5 Å². The monoisotopic (exact) mass is 276 g/mol. The summed E-state index contributed by atoms with van der Waals surface area (Å²) in [5.41, 5.74) is 2.39. The van der Waals surface area contributed by atoms with E-state index >= 15 is 0 Å². The molecule has 0 bridgehead atoms. The molecular weight excluding hydrogens is 264 g/mol. The second kappa shape index (κ2) is 3.92. The summed E-state index contributed by atoms with van der Waals surface area (Å²) in [6.07, 6.45) is 3.61. The van der Waals surface area contributed by atoms with Crippen molar-refractivity contribution in [3.8, 4) is 11.1 Å². The fourth-order valence-corrected chi connectivity index (χ4v) is 3.18. The van der Waals surface area contributed by atoms with Crippen molar-refractivity contribution in [3.63, 3.8) is 0 Å². The minimum absolute atomic E-state index is 0.200.